The lowest BCUT2D eigenvalue weighted by Crippen LogP contribution is -2.21. The summed E-state index contributed by atoms with van der Waals surface area (Å²) in [6.07, 6.45) is 2.07. The number of carbonyl (C=O) groups excluding carboxylic acids is 1. The van der Waals surface area contributed by atoms with Gasteiger partial charge in [-0.15, -0.1) is 0 Å². The zero-order chi connectivity index (χ0) is 16.5. The van der Waals surface area contributed by atoms with Gasteiger partial charge >= 0.3 is 0 Å². The molecule has 0 spiro atoms. The van der Waals surface area contributed by atoms with Crippen LogP contribution in [-0.2, 0) is 4.79 Å². The zero-order valence-electron chi connectivity index (χ0n) is 13.1. The maximum atomic E-state index is 12.8. The van der Waals surface area contributed by atoms with Crippen molar-refractivity contribution < 1.29 is 13.9 Å². The van der Waals surface area contributed by atoms with Crippen LogP contribution >= 0.6 is 0 Å². The van der Waals surface area contributed by atoms with E-state index in [1.807, 2.05) is 18.2 Å². The average Bonchev–Trinajstić information content (AvgIpc) is 2.55. The van der Waals surface area contributed by atoms with Gasteiger partial charge in [0.1, 0.15) is 11.6 Å². The van der Waals surface area contributed by atoms with Gasteiger partial charge in [-0.2, -0.15) is 0 Å². The number of unbranched alkanes of at least 4 members (excludes halogenated alkanes) is 1. The first-order valence-corrected chi connectivity index (χ1v) is 7.69. The van der Waals surface area contributed by atoms with E-state index in [1.54, 1.807) is 18.2 Å². The molecule has 0 saturated heterocycles. The second-order valence-corrected chi connectivity index (χ2v) is 5.14. The van der Waals surface area contributed by atoms with Gasteiger partial charge in [-0.25, -0.2) is 4.39 Å². The van der Waals surface area contributed by atoms with Gasteiger partial charge in [0.05, 0.1) is 13.2 Å². The third-order valence-corrected chi connectivity index (χ3v) is 3.18. The van der Waals surface area contributed by atoms with E-state index in [0.29, 0.717) is 18.0 Å². The van der Waals surface area contributed by atoms with E-state index in [9.17, 15) is 9.18 Å². The minimum absolute atomic E-state index is 0.104. The molecule has 122 valence electrons. The van der Waals surface area contributed by atoms with Crippen LogP contribution in [0.5, 0.6) is 5.75 Å². The van der Waals surface area contributed by atoms with Crippen LogP contribution in [0.15, 0.2) is 48.5 Å². The maximum absolute atomic E-state index is 12.8. The highest BCUT2D eigenvalue weighted by atomic mass is 19.1. The Balaban J connectivity index is 1.82. The summed E-state index contributed by atoms with van der Waals surface area (Å²) in [5, 5.41) is 5.74. The van der Waals surface area contributed by atoms with Crippen LogP contribution in [0.2, 0.25) is 0 Å². The first-order valence-electron chi connectivity index (χ1n) is 7.69. The van der Waals surface area contributed by atoms with Gasteiger partial charge < -0.3 is 15.4 Å². The van der Waals surface area contributed by atoms with Crippen molar-refractivity contribution in [2.45, 2.75) is 19.8 Å². The molecule has 2 N–H and O–H groups in total. The summed E-state index contributed by atoms with van der Waals surface area (Å²) in [5.41, 5.74) is 1.38. The Morgan fingerprint density at radius 2 is 1.91 bits per heavy atom. The van der Waals surface area contributed by atoms with Gasteiger partial charge in [-0.1, -0.05) is 19.4 Å². The first kappa shape index (κ1) is 16.8. The molecule has 0 atom stereocenters. The van der Waals surface area contributed by atoms with Crippen molar-refractivity contribution in [2.24, 2.45) is 0 Å². The molecule has 2 aromatic carbocycles. The van der Waals surface area contributed by atoms with Crippen LogP contribution in [0.4, 0.5) is 15.8 Å². The molecule has 5 heteroatoms. The predicted molar refractivity (Wildman–Crippen MR) is 90.4 cm³/mol. The Bertz CT molecular complexity index is 629. The fourth-order valence-electron chi connectivity index (χ4n) is 1.95. The number of benzene rings is 2. The van der Waals surface area contributed by atoms with Crippen LogP contribution in [0, 0.1) is 5.82 Å². The minimum atomic E-state index is -0.306. The van der Waals surface area contributed by atoms with Crippen molar-refractivity contribution in [3.05, 3.63) is 54.3 Å². The molecule has 23 heavy (non-hydrogen) atoms. The van der Waals surface area contributed by atoms with Gasteiger partial charge in [0.25, 0.3) is 0 Å². The highest BCUT2D eigenvalue weighted by Crippen LogP contribution is 2.17. The lowest BCUT2D eigenvalue weighted by Gasteiger charge is -2.10. The number of halogens is 1. The molecular formula is C18H21FN2O2. The van der Waals surface area contributed by atoms with E-state index in [4.69, 9.17) is 4.74 Å². The zero-order valence-corrected chi connectivity index (χ0v) is 13.1. The Morgan fingerprint density at radius 1 is 1.13 bits per heavy atom. The Kier molecular flexibility index (Phi) is 6.41. The van der Waals surface area contributed by atoms with Crippen molar-refractivity contribution in [3.8, 4) is 5.75 Å². The summed E-state index contributed by atoms with van der Waals surface area (Å²) < 4.78 is 18.4. The van der Waals surface area contributed by atoms with E-state index in [-0.39, 0.29) is 18.3 Å². The third-order valence-electron chi connectivity index (χ3n) is 3.18. The molecular weight excluding hydrogens is 295 g/mol. The lowest BCUT2D eigenvalue weighted by atomic mass is 10.3. The molecule has 0 aromatic heterocycles. The topological polar surface area (TPSA) is 50.4 Å². The largest absolute Gasteiger partial charge is 0.494 e. The molecule has 2 aromatic rings. The second kappa shape index (κ2) is 8.78. The summed E-state index contributed by atoms with van der Waals surface area (Å²) in [6, 6.07) is 13.2. The van der Waals surface area contributed by atoms with Crippen molar-refractivity contribution in [2.75, 3.05) is 23.8 Å². The molecule has 0 aliphatic carbocycles. The van der Waals surface area contributed by atoms with Crippen LogP contribution < -0.4 is 15.4 Å². The molecule has 0 aliphatic rings. The van der Waals surface area contributed by atoms with Crippen molar-refractivity contribution in [1.29, 1.82) is 0 Å². The summed E-state index contributed by atoms with van der Waals surface area (Å²) >= 11 is 0. The monoisotopic (exact) mass is 316 g/mol. The van der Waals surface area contributed by atoms with E-state index in [0.717, 1.165) is 18.6 Å². The van der Waals surface area contributed by atoms with Crippen LogP contribution in [0.1, 0.15) is 19.8 Å². The molecule has 0 heterocycles. The maximum Gasteiger partial charge on any atom is 0.243 e. The Hall–Kier alpha value is -2.56. The molecule has 2 rings (SSSR count). The van der Waals surface area contributed by atoms with E-state index in [2.05, 4.69) is 17.6 Å². The van der Waals surface area contributed by atoms with Crippen LogP contribution in [0.3, 0.4) is 0 Å². The molecule has 4 nitrogen and oxygen atoms in total. The highest BCUT2D eigenvalue weighted by molar-refractivity contribution is 5.93. The first-order chi connectivity index (χ1) is 11.2. The SMILES string of the molecule is CCCCOc1cccc(NC(=O)CNc2ccc(F)cc2)c1. The Labute approximate surface area is 135 Å². The van der Waals surface area contributed by atoms with Gasteiger partial charge in [-0.3, -0.25) is 4.79 Å². The third kappa shape index (κ3) is 5.98. The van der Waals surface area contributed by atoms with Gasteiger partial charge in [0, 0.05) is 17.4 Å². The second-order valence-electron chi connectivity index (χ2n) is 5.14. The number of hydrogen-bond acceptors (Lipinski definition) is 3. The molecule has 1 amide bonds. The number of amides is 1. The summed E-state index contributed by atoms with van der Waals surface area (Å²) in [4.78, 5) is 11.9. The summed E-state index contributed by atoms with van der Waals surface area (Å²) in [5.74, 6) is 0.252. The number of rotatable bonds is 8. The van der Waals surface area contributed by atoms with E-state index >= 15 is 0 Å². The molecule has 0 bridgehead atoms. The number of ether oxygens (including phenoxy) is 1. The van der Waals surface area contributed by atoms with Crippen LogP contribution in [0.25, 0.3) is 0 Å². The van der Waals surface area contributed by atoms with E-state index < -0.39 is 0 Å². The fraction of sp³-hybridized carbons (Fsp3) is 0.278. The number of anilines is 2. The normalized spacial score (nSPS) is 10.2. The molecule has 0 saturated carbocycles. The number of carbonyl (C=O) groups is 1. The van der Waals surface area contributed by atoms with Crippen molar-refractivity contribution in [3.63, 3.8) is 0 Å². The van der Waals surface area contributed by atoms with Gasteiger partial charge in [0.15, 0.2) is 0 Å². The van der Waals surface area contributed by atoms with Crippen LogP contribution in [-0.4, -0.2) is 19.1 Å². The molecule has 0 radical (unpaired) electrons. The minimum Gasteiger partial charge on any atom is -0.494 e. The smallest absolute Gasteiger partial charge is 0.243 e. The van der Waals surface area contributed by atoms with Gasteiger partial charge in [0.2, 0.25) is 5.91 Å². The van der Waals surface area contributed by atoms with Crippen molar-refractivity contribution in [1.82, 2.24) is 0 Å². The fourth-order valence-corrected chi connectivity index (χ4v) is 1.95. The number of nitrogens with one attached hydrogen (secondary N) is 2. The highest BCUT2D eigenvalue weighted by Gasteiger charge is 2.04. The standard InChI is InChI=1S/C18H21FN2O2/c1-2-3-11-23-17-6-4-5-16(12-17)21-18(22)13-20-15-9-7-14(19)8-10-15/h4-10,12,20H,2-3,11,13H2,1H3,(H,21,22). The molecule has 0 aliphatic heterocycles. The van der Waals surface area contributed by atoms with Gasteiger partial charge in [-0.05, 0) is 42.8 Å². The van der Waals surface area contributed by atoms with E-state index in [1.165, 1.54) is 12.1 Å². The quantitative estimate of drug-likeness (QED) is 0.722. The lowest BCUT2D eigenvalue weighted by molar-refractivity contribution is -0.114. The molecule has 0 unspecified atom stereocenters. The number of hydrogen-bond donors (Lipinski definition) is 2. The summed E-state index contributed by atoms with van der Waals surface area (Å²) in [7, 11) is 0. The average molecular weight is 316 g/mol. The predicted octanol–water partition coefficient (Wildman–Crippen LogP) is 4.06. The molecule has 0 fully saturated rings. The Morgan fingerprint density at radius 3 is 2.65 bits per heavy atom. The van der Waals surface area contributed by atoms with Crippen molar-refractivity contribution >= 4 is 17.3 Å². The summed E-state index contributed by atoms with van der Waals surface area (Å²) in [6.45, 7) is 2.88.